The molecule has 98 valence electrons. The average molecular weight is 256 g/mol. The summed E-state index contributed by atoms with van der Waals surface area (Å²) in [6.07, 6.45) is 2.10. The van der Waals surface area contributed by atoms with E-state index >= 15 is 0 Å². The molecule has 1 amide bonds. The predicted molar refractivity (Wildman–Crippen MR) is 73.0 cm³/mol. The molecule has 0 fully saturated rings. The first-order valence-corrected chi connectivity index (χ1v) is 6.27. The van der Waals surface area contributed by atoms with E-state index in [1.165, 1.54) is 0 Å². The molecule has 3 rings (SSSR count). The first-order chi connectivity index (χ1) is 9.08. The zero-order chi connectivity index (χ0) is 13.6. The van der Waals surface area contributed by atoms with Gasteiger partial charge in [0.2, 0.25) is 5.91 Å². The molecule has 1 aliphatic rings. The molecule has 2 heterocycles. The third kappa shape index (κ3) is 1.85. The Hall–Kier alpha value is -2.07. The summed E-state index contributed by atoms with van der Waals surface area (Å²) in [5, 5.41) is 0. The van der Waals surface area contributed by atoms with Gasteiger partial charge >= 0.3 is 0 Å². The summed E-state index contributed by atoms with van der Waals surface area (Å²) in [6, 6.07) is 7.64. The molecule has 1 aromatic heterocycles. The molecule has 0 spiro atoms. The Morgan fingerprint density at radius 3 is 2.84 bits per heavy atom. The fourth-order valence-corrected chi connectivity index (χ4v) is 2.58. The van der Waals surface area contributed by atoms with Gasteiger partial charge in [0, 0.05) is 18.3 Å². The summed E-state index contributed by atoms with van der Waals surface area (Å²) in [5.74, 6) is 0.960. The lowest BCUT2D eigenvalue weighted by atomic mass is 9.97. The summed E-state index contributed by atoms with van der Waals surface area (Å²) in [5.41, 5.74) is 10.3. The van der Waals surface area contributed by atoms with Crippen LogP contribution in [0.2, 0.25) is 0 Å². The normalized spacial score (nSPS) is 15.7. The molecule has 2 N–H and O–H groups in total. The molecule has 0 bridgehead atoms. The highest BCUT2D eigenvalue weighted by molar-refractivity contribution is 6.00. The lowest BCUT2D eigenvalue weighted by molar-refractivity contribution is -0.117. The molecule has 4 heteroatoms. The van der Waals surface area contributed by atoms with E-state index in [1.807, 2.05) is 31.2 Å². The molecule has 1 aliphatic heterocycles. The molecule has 0 saturated carbocycles. The summed E-state index contributed by atoms with van der Waals surface area (Å²) in [7, 11) is 1.80. The van der Waals surface area contributed by atoms with E-state index in [1.54, 1.807) is 18.2 Å². The number of carbonyl (C=O) groups excluding carboxylic acids is 1. The van der Waals surface area contributed by atoms with Crippen molar-refractivity contribution in [2.24, 2.45) is 5.73 Å². The second-order valence-corrected chi connectivity index (χ2v) is 4.93. The molecule has 1 unspecified atom stereocenters. The van der Waals surface area contributed by atoms with Crippen LogP contribution in [-0.2, 0) is 11.2 Å². The Balaban J connectivity index is 1.98. The number of carbonyl (C=O) groups is 1. The standard InChI is InChI=1S/C15H16N2O2/c1-9-12(5-6-19-9)15(16)10-3-4-13-11(7-10)8-14(18)17(13)2/h3-7,15H,8,16H2,1-2H3. The fourth-order valence-electron chi connectivity index (χ4n) is 2.58. The number of nitrogens with zero attached hydrogens (tertiary/aromatic N) is 1. The van der Waals surface area contributed by atoms with Crippen molar-refractivity contribution in [1.82, 2.24) is 0 Å². The molecule has 4 nitrogen and oxygen atoms in total. The number of benzene rings is 1. The van der Waals surface area contributed by atoms with Crippen LogP contribution in [0.1, 0.15) is 28.5 Å². The summed E-state index contributed by atoms with van der Waals surface area (Å²) in [4.78, 5) is 13.4. The summed E-state index contributed by atoms with van der Waals surface area (Å²) in [6.45, 7) is 1.90. The van der Waals surface area contributed by atoms with E-state index in [0.717, 1.165) is 28.1 Å². The summed E-state index contributed by atoms with van der Waals surface area (Å²) < 4.78 is 5.29. The highest BCUT2D eigenvalue weighted by atomic mass is 16.3. The third-order valence-electron chi connectivity index (χ3n) is 3.77. The second-order valence-electron chi connectivity index (χ2n) is 4.93. The van der Waals surface area contributed by atoms with Crippen molar-refractivity contribution < 1.29 is 9.21 Å². The van der Waals surface area contributed by atoms with Crippen LogP contribution in [-0.4, -0.2) is 13.0 Å². The third-order valence-corrected chi connectivity index (χ3v) is 3.77. The van der Waals surface area contributed by atoms with E-state index in [-0.39, 0.29) is 11.9 Å². The van der Waals surface area contributed by atoms with Crippen molar-refractivity contribution in [3.8, 4) is 0 Å². The van der Waals surface area contributed by atoms with Gasteiger partial charge in [0.05, 0.1) is 18.7 Å². The van der Waals surface area contributed by atoms with Gasteiger partial charge in [-0.15, -0.1) is 0 Å². The molecule has 0 saturated heterocycles. The van der Waals surface area contributed by atoms with E-state index in [0.29, 0.717) is 6.42 Å². The minimum Gasteiger partial charge on any atom is -0.469 e. The number of amides is 1. The van der Waals surface area contributed by atoms with Gasteiger partial charge in [0.1, 0.15) is 5.76 Å². The number of fused-ring (bicyclic) bond motifs is 1. The topological polar surface area (TPSA) is 59.5 Å². The monoisotopic (exact) mass is 256 g/mol. The van der Waals surface area contributed by atoms with Gasteiger partial charge < -0.3 is 15.1 Å². The zero-order valence-electron chi connectivity index (χ0n) is 11.0. The molecular formula is C15H16N2O2. The smallest absolute Gasteiger partial charge is 0.231 e. The van der Waals surface area contributed by atoms with Gasteiger partial charge in [-0.25, -0.2) is 0 Å². The largest absolute Gasteiger partial charge is 0.469 e. The SMILES string of the molecule is Cc1occc1C(N)c1ccc2c(c1)CC(=O)N2C. The lowest BCUT2D eigenvalue weighted by Gasteiger charge is -2.14. The Morgan fingerprint density at radius 2 is 2.16 bits per heavy atom. The van der Waals surface area contributed by atoms with Crippen molar-refractivity contribution in [3.05, 3.63) is 53.0 Å². The number of aryl methyl sites for hydroxylation is 1. The van der Waals surface area contributed by atoms with Gasteiger partial charge in [0.25, 0.3) is 0 Å². The zero-order valence-corrected chi connectivity index (χ0v) is 11.0. The predicted octanol–water partition coefficient (Wildman–Crippen LogP) is 2.16. The Morgan fingerprint density at radius 1 is 1.37 bits per heavy atom. The Bertz CT molecular complexity index is 645. The quantitative estimate of drug-likeness (QED) is 0.895. The van der Waals surface area contributed by atoms with Crippen molar-refractivity contribution in [1.29, 1.82) is 0 Å². The van der Waals surface area contributed by atoms with Gasteiger partial charge in [0.15, 0.2) is 0 Å². The average Bonchev–Trinajstić information content (AvgIpc) is 2.93. The van der Waals surface area contributed by atoms with Crippen LogP contribution in [0.5, 0.6) is 0 Å². The maximum Gasteiger partial charge on any atom is 0.231 e. The van der Waals surface area contributed by atoms with Crippen molar-refractivity contribution in [3.63, 3.8) is 0 Å². The molecule has 2 aromatic rings. The summed E-state index contributed by atoms with van der Waals surface area (Å²) >= 11 is 0. The number of hydrogen-bond donors (Lipinski definition) is 1. The van der Waals surface area contributed by atoms with Crippen molar-refractivity contribution in [2.45, 2.75) is 19.4 Å². The fraction of sp³-hybridized carbons (Fsp3) is 0.267. The number of nitrogens with two attached hydrogens (primary N) is 1. The number of anilines is 1. The number of likely N-dealkylation sites (N-methyl/N-ethyl adjacent to an activating group) is 1. The highest BCUT2D eigenvalue weighted by Gasteiger charge is 2.25. The molecule has 0 aliphatic carbocycles. The van der Waals surface area contributed by atoms with Crippen molar-refractivity contribution in [2.75, 3.05) is 11.9 Å². The first-order valence-electron chi connectivity index (χ1n) is 6.27. The number of furan rings is 1. The van der Waals surface area contributed by atoms with Gasteiger partial charge in [-0.3, -0.25) is 4.79 Å². The first kappa shape index (κ1) is 12.0. The van der Waals surface area contributed by atoms with Crippen LogP contribution in [0, 0.1) is 6.92 Å². The molecule has 0 radical (unpaired) electrons. The maximum atomic E-state index is 11.7. The Labute approximate surface area is 111 Å². The van der Waals surface area contributed by atoms with Gasteiger partial charge in [-0.1, -0.05) is 12.1 Å². The molecule has 1 aromatic carbocycles. The minimum atomic E-state index is -0.218. The van der Waals surface area contributed by atoms with Crippen LogP contribution < -0.4 is 10.6 Å². The number of hydrogen-bond acceptors (Lipinski definition) is 3. The van der Waals surface area contributed by atoms with E-state index in [9.17, 15) is 4.79 Å². The van der Waals surface area contributed by atoms with Crippen LogP contribution >= 0.6 is 0 Å². The van der Waals surface area contributed by atoms with E-state index < -0.39 is 0 Å². The number of rotatable bonds is 2. The van der Waals surface area contributed by atoms with Gasteiger partial charge in [-0.2, -0.15) is 0 Å². The second kappa shape index (κ2) is 4.24. The highest BCUT2D eigenvalue weighted by Crippen LogP contribution is 2.32. The van der Waals surface area contributed by atoms with Gasteiger partial charge in [-0.05, 0) is 30.2 Å². The maximum absolute atomic E-state index is 11.7. The van der Waals surface area contributed by atoms with Crippen molar-refractivity contribution >= 4 is 11.6 Å². The van der Waals surface area contributed by atoms with E-state index in [4.69, 9.17) is 10.2 Å². The van der Waals surface area contributed by atoms with Crippen LogP contribution in [0.4, 0.5) is 5.69 Å². The lowest BCUT2D eigenvalue weighted by Crippen LogP contribution is -2.20. The van der Waals surface area contributed by atoms with Crippen LogP contribution in [0.3, 0.4) is 0 Å². The van der Waals surface area contributed by atoms with Crippen LogP contribution in [0.15, 0.2) is 34.9 Å². The molecular weight excluding hydrogens is 240 g/mol. The molecule has 19 heavy (non-hydrogen) atoms. The minimum absolute atomic E-state index is 0.125. The Kier molecular flexibility index (Phi) is 2.68. The van der Waals surface area contributed by atoms with Crippen LogP contribution in [0.25, 0.3) is 0 Å². The van der Waals surface area contributed by atoms with E-state index in [2.05, 4.69) is 0 Å². The molecule has 1 atom stereocenters.